The number of aromatic amines is 1. The van der Waals surface area contributed by atoms with Crippen molar-refractivity contribution in [2.24, 2.45) is 0 Å². The number of carbonyl (C=O) groups is 2. The van der Waals surface area contributed by atoms with Crippen molar-refractivity contribution >= 4 is 11.9 Å². The quantitative estimate of drug-likeness (QED) is 0.300. The van der Waals surface area contributed by atoms with Crippen LogP contribution in [0.3, 0.4) is 0 Å². The van der Waals surface area contributed by atoms with Crippen molar-refractivity contribution in [1.29, 1.82) is 0 Å². The topological polar surface area (TPSA) is 126 Å². The first-order chi connectivity index (χ1) is 18.7. The lowest BCUT2D eigenvalue weighted by atomic mass is 10.1. The second kappa shape index (κ2) is 12.4. The number of carboxylic acid groups (broad SMARTS) is 1. The number of halogens is 3. The molecule has 39 heavy (non-hydrogen) atoms. The van der Waals surface area contributed by atoms with Crippen molar-refractivity contribution in [1.82, 2.24) is 30.0 Å². The van der Waals surface area contributed by atoms with Gasteiger partial charge in [0.2, 0.25) is 5.91 Å². The molecule has 5 rings (SSSR count). The number of carboxylic acids is 1. The van der Waals surface area contributed by atoms with E-state index in [9.17, 15) is 18.0 Å². The largest absolute Gasteiger partial charge is 0.490 e. The molecule has 1 aliphatic rings. The zero-order valence-electron chi connectivity index (χ0n) is 20.9. The molecule has 4 aromatic rings. The van der Waals surface area contributed by atoms with Gasteiger partial charge in [0.1, 0.15) is 5.69 Å². The monoisotopic (exact) mass is 540 g/mol. The summed E-state index contributed by atoms with van der Waals surface area (Å²) in [6, 6.07) is 14.4. The van der Waals surface area contributed by atoms with Gasteiger partial charge in [0, 0.05) is 37.0 Å². The van der Waals surface area contributed by atoms with Crippen LogP contribution in [0.1, 0.15) is 32.1 Å². The zero-order valence-corrected chi connectivity index (χ0v) is 20.9. The summed E-state index contributed by atoms with van der Waals surface area (Å²) >= 11 is 0. The van der Waals surface area contributed by atoms with Gasteiger partial charge >= 0.3 is 12.1 Å². The van der Waals surface area contributed by atoms with Crippen LogP contribution in [0, 0.1) is 0 Å². The molecule has 1 saturated carbocycles. The van der Waals surface area contributed by atoms with Crippen LogP contribution in [0.15, 0.2) is 67.3 Å². The number of H-pyrrole nitrogens is 1. The fourth-order valence-electron chi connectivity index (χ4n) is 4.18. The summed E-state index contributed by atoms with van der Waals surface area (Å²) in [4.78, 5) is 33.4. The lowest BCUT2D eigenvalue weighted by Crippen LogP contribution is -2.33. The standard InChI is InChI=1S/C25H26N6O.C2HF3O2/c32-24(29-21-8-4-5-9-21)11-13-31-17-20(15-28-31)19-10-12-26-22(14-19)25-27-16-23(30-25)18-6-2-1-3-7-18;3-2(4,5)1(6)7/h1-3,6-7,10,12,14-17,21H,4-5,8-9,11,13H2,(H,27,30)(H,29,32);(H,6,7). The predicted octanol–water partition coefficient (Wildman–Crippen LogP) is 5.08. The second-order valence-electron chi connectivity index (χ2n) is 9.04. The van der Waals surface area contributed by atoms with Crippen molar-refractivity contribution < 1.29 is 27.9 Å². The molecule has 0 aliphatic heterocycles. The van der Waals surface area contributed by atoms with Crippen LogP contribution in [0.2, 0.25) is 0 Å². The maximum absolute atomic E-state index is 12.2. The van der Waals surface area contributed by atoms with Crippen LogP contribution in [-0.4, -0.2) is 53.9 Å². The molecule has 204 valence electrons. The van der Waals surface area contributed by atoms with Crippen molar-refractivity contribution in [2.75, 3.05) is 0 Å². The van der Waals surface area contributed by atoms with Gasteiger partial charge in [0.25, 0.3) is 0 Å². The molecule has 0 spiro atoms. The minimum Gasteiger partial charge on any atom is -0.475 e. The molecular formula is C27H27F3N6O3. The van der Waals surface area contributed by atoms with Gasteiger partial charge in [0.05, 0.1) is 18.1 Å². The summed E-state index contributed by atoms with van der Waals surface area (Å²) in [5.74, 6) is -1.93. The third-order valence-corrected chi connectivity index (χ3v) is 6.16. The van der Waals surface area contributed by atoms with Crippen molar-refractivity contribution in [3.63, 3.8) is 0 Å². The Kier molecular flexibility index (Phi) is 8.74. The lowest BCUT2D eigenvalue weighted by molar-refractivity contribution is -0.192. The highest BCUT2D eigenvalue weighted by Crippen LogP contribution is 2.25. The predicted molar refractivity (Wildman–Crippen MR) is 137 cm³/mol. The summed E-state index contributed by atoms with van der Waals surface area (Å²) in [6.45, 7) is 0.565. The van der Waals surface area contributed by atoms with Gasteiger partial charge in [-0.15, -0.1) is 0 Å². The van der Waals surface area contributed by atoms with Gasteiger partial charge in [-0.1, -0.05) is 43.2 Å². The molecule has 3 heterocycles. The van der Waals surface area contributed by atoms with Crippen molar-refractivity contribution in [2.45, 2.75) is 50.9 Å². The summed E-state index contributed by atoms with van der Waals surface area (Å²) in [6.07, 6.45) is 7.39. The molecule has 0 unspecified atom stereocenters. The fourth-order valence-corrected chi connectivity index (χ4v) is 4.18. The third kappa shape index (κ3) is 7.76. The van der Waals surface area contributed by atoms with Gasteiger partial charge in [-0.3, -0.25) is 14.5 Å². The van der Waals surface area contributed by atoms with Gasteiger partial charge in [0.15, 0.2) is 5.82 Å². The molecule has 3 aromatic heterocycles. The van der Waals surface area contributed by atoms with Crippen LogP contribution in [-0.2, 0) is 16.1 Å². The number of pyridine rings is 1. The molecule has 0 bridgehead atoms. The van der Waals surface area contributed by atoms with E-state index < -0.39 is 12.1 Å². The Morgan fingerprint density at radius 1 is 1.03 bits per heavy atom. The Morgan fingerprint density at radius 3 is 2.44 bits per heavy atom. The van der Waals surface area contributed by atoms with E-state index in [0.717, 1.165) is 46.7 Å². The first kappa shape index (κ1) is 27.6. The molecule has 3 N–H and O–H groups in total. The molecule has 12 heteroatoms. The summed E-state index contributed by atoms with van der Waals surface area (Å²) in [5.41, 5.74) is 4.81. The number of hydrogen-bond donors (Lipinski definition) is 3. The first-order valence-electron chi connectivity index (χ1n) is 12.4. The van der Waals surface area contributed by atoms with Crippen LogP contribution in [0.5, 0.6) is 0 Å². The molecular weight excluding hydrogens is 513 g/mol. The smallest absolute Gasteiger partial charge is 0.475 e. The molecule has 9 nitrogen and oxygen atoms in total. The number of benzene rings is 1. The maximum atomic E-state index is 12.2. The number of aliphatic carboxylic acids is 1. The third-order valence-electron chi connectivity index (χ3n) is 6.16. The number of aromatic nitrogens is 5. The Bertz CT molecular complexity index is 1400. The number of nitrogens with one attached hydrogen (secondary N) is 2. The Labute approximate surface area is 222 Å². The van der Waals surface area contributed by atoms with E-state index in [1.807, 2.05) is 65.7 Å². The summed E-state index contributed by atoms with van der Waals surface area (Å²) in [7, 11) is 0. The van der Waals surface area contributed by atoms with Crippen molar-refractivity contribution in [3.8, 4) is 33.9 Å². The van der Waals surface area contributed by atoms with E-state index in [1.165, 1.54) is 12.8 Å². The molecule has 0 saturated heterocycles. The number of imidazole rings is 1. The van der Waals surface area contributed by atoms with Crippen LogP contribution in [0.4, 0.5) is 13.2 Å². The summed E-state index contributed by atoms with van der Waals surface area (Å²) in [5, 5.41) is 14.7. The number of aryl methyl sites for hydroxylation is 1. The highest BCUT2D eigenvalue weighted by atomic mass is 19.4. The number of amides is 1. The number of rotatable bonds is 7. The maximum Gasteiger partial charge on any atom is 0.490 e. The highest BCUT2D eigenvalue weighted by Gasteiger charge is 2.38. The molecule has 1 fully saturated rings. The van der Waals surface area contributed by atoms with E-state index in [4.69, 9.17) is 9.90 Å². The number of hydrogen-bond acceptors (Lipinski definition) is 5. The number of alkyl halides is 3. The average Bonchev–Trinajstić information content (AvgIpc) is 3.70. The van der Waals surface area contributed by atoms with Gasteiger partial charge in [-0.05, 0) is 36.1 Å². The van der Waals surface area contributed by atoms with E-state index in [-0.39, 0.29) is 5.91 Å². The SMILES string of the molecule is O=C(CCn1cc(-c2ccnc(-c3ncc(-c4ccccc4)[nH]3)c2)cn1)NC1CCCC1.O=C(O)C(F)(F)F. The van der Waals surface area contributed by atoms with E-state index in [0.29, 0.717) is 19.0 Å². The Morgan fingerprint density at radius 2 is 1.74 bits per heavy atom. The molecule has 1 amide bonds. The Hall–Kier alpha value is -4.48. The van der Waals surface area contributed by atoms with E-state index >= 15 is 0 Å². The highest BCUT2D eigenvalue weighted by molar-refractivity contribution is 5.76. The number of carbonyl (C=O) groups excluding carboxylic acids is 1. The van der Waals surface area contributed by atoms with Crippen LogP contribution < -0.4 is 5.32 Å². The van der Waals surface area contributed by atoms with E-state index in [2.05, 4.69) is 25.4 Å². The van der Waals surface area contributed by atoms with Crippen molar-refractivity contribution in [3.05, 3.63) is 67.3 Å². The lowest BCUT2D eigenvalue weighted by Gasteiger charge is -2.11. The van der Waals surface area contributed by atoms with E-state index in [1.54, 1.807) is 6.20 Å². The molecule has 1 aliphatic carbocycles. The Balaban J connectivity index is 0.000000448. The zero-order chi connectivity index (χ0) is 27.8. The van der Waals surface area contributed by atoms with Gasteiger partial charge in [-0.25, -0.2) is 9.78 Å². The van der Waals surface area contributed by atoms with Gasteiger partial charge < -0.3 is 15.4 Å². The molecule has 0 radical (unpaired) electrons. The number of nitrogens with zero attached hydrogens (tertiary/aromatic N) is 4. The minimum absolute atomic E-state index is 0.104. The second-order valence-corrected chi connectivity index (χ2v) is 9.04. The van der Waals surface area contributed by atoms with Crippen LogP contribution >= 0.6 is 0 Å². The molecule has 1 aromatic carbocycles. The first-order valence-corrected chi connectivity index (χ1v) is 12.4. The molecule has 0 atom stereocenters. The van der Waals surface area contributed by atoms with Crippen LogP contribution in [0.25, 0.3) is 33.9 Å². The summed E-state index contributed by atoms with van der Waals surface area (Å²) < 4.78 is 33.6. The average molecular weight is 541 g/mol. The fraction of sp³-hybridized carbons (Fsp3) is 0.296. The normalized spacial score (nSPS) is 13.5. The van der Waals surface area contributed by atoms with Gasteiger partial charge in [-0.2, -0.15) is 18.3 Å². The minimum atomic E-state index is -5.08.